The molecule has 0 heterocycles. The molecule has 0 unspecified atom stereocenters. The summed E-state index contributed by atoms with van der Waals surface area (Å²) < 4.78 is 5.07. The third-order valence-electron chi connectivity index (χ3n) is 3.25. The summed E-state index contributed by atoms with van der Waals surface area (Å²) in [7, 11) is 0. The van der Waals surface area contributed by atoms with E-state index < -0.39 is 0 Å². The first-order valence-electron chi connectivity index (χ1n) is 6.42. The highest BCUT2D eigenvalue weighted by molar-refractivity contribution is 5.71. The summed E-state index contributed by atoms with van der Waals surface area (Å²) in [5.74, 6) is -0.144. The fourth-order valence-electron chi connectivity index (χ4n) is 2.35. The second kappa shape index (κ2) is 6.24. The van der Waals surface area contributed by atoms with Crippen molar-refractivity contribution in [1.82, 2.24) is 5.32 Å². The van der Waals surface area contributed by atoms with Gasteiger partial charge in [0.25, 0.3) is 0 Å². The van der Waals surface area contributed by atoms with Crippen molar-refractivity contribution in [2.45, 2.75) is 59.0 Å². The van der Waals surface area contributed by atoms with E-state index >= 15 is 0 Å². The molecular weight excluding hydrogens is 202 g/mol. The van der Waals surface area contributed by atoms with Gasteiger partial charge in [-0.1, -0.05) is 26.2 Å². The lowest BCUT2D eigenvalue weighted by atomic mass is 9.76. The Balaban J connectivity index is 2.16. The normalized spacial score (nSPS) is 19.8. The molecule has 3 heteroatoms. The lowest BCUT2D eigenvalue weighted by Crippen LogP contribution is -2.37. The number of rotatable bonds is 5. The predicted molar refractivity (Wildman–Crippen MR) is 65.3 cm³/mol. The van der Waals surface area contributed by atoms with Crippen LogP contribution in [0.4, 0.5) is 0 Å². The quantitative estimate of drug-likeness (QED) is 0.733. The Morgan fingerprint density at radius 2 is 1.94 bits per heavy atom. The highest BCUT2D eigenvalue weighted by atomic mass is 16.5. The van der Waals surface area contributed by atoms with Crippen LogP contribution in [0.15, 0.2) is 0 Å². The maximum atomic E-state index is 11.3. The van der Waals surface area contributed by atoms with E-state index in [1.807, 2.05) is 13.8 Å². The van der Waals surface area contributed by atoms with Crippen LogP contribution < -0.4 is 5.32 Å². The molecule has 0 aliphatic heterocycles. The largest absolute Gasteiger partial charge is 0.462 e. The minimum absolute atomic E-state index is 0.0143. The van der Waals surface area contributed by atoms with E-state index in [0.29, 0.717) is 12.0 Å². The van der Waals surface area contributed by atoms with Crippen LogP contribution in [0.5, 0.6) is 0 Å². The summed E-state index contributed by atoms with van der Waals surface area (Å²) in [6.07, 6.45) is 6.56. The highest BCUT2D eigenvalue weighted by Gasteiger charge is 2.26. The lowest BCUT2D eigenvalue weighted by Gasteiger charge is -2.33. The number of ether oxygens (including phenoxy) is 1. The number of carbonyl (C=O) groups is 1. The Morgan fingerprint density at radius 3 is 2.50 bits per heavy atom. The molecule has 1 aliphatic rings. The molecule has 1 fully saturated rings. The van der Waals surface area contributed by atoms with Gasteiger partial charge in [0.2, 0.25) is 0 Å². The van der Waals surface area contributed by atoms with E-state index in [1.165, 1.54) is 32.1 Å². The van der Waals surface area contributed by atoms with Gasteiger partial charge in [0, 0.05) is 6.54 Å². The molecule has 0 spiro atoms. The summed E-state index contributed by atoms with van der Waals surface area (Å²) >= 11 is 0. The molecule has 0 aromatic carbocycles. The number of hydrogen-bond donors (Lipinski definition) is 1. The second-order valence-corrected chi connectivity index (χ2v) is 5.51. The summed E-state index contributed by atoms with van der Waals surface area (Å²) in [6, 6.07) is 0. The van der Waals surface area contributed by atoms with Crippen LogP contribution in [0.25, 0.3) is 0 Å². The fraction of sp³-hybridized carbons (Fsp3) is 0.923. The zero-order chi connectivity index (χ0) is 12.0. The molecule has 0 aromatic heterocycles. The Bertz CT molecular complexity index is 220. The monoisotopic (exact) mass is 227 g/mol. The molecule has 0 bridgehead atoms. The molecule has 0 amide bonds. The Labute approximate surface area is 98.9 Å². The second-order valence-electron chi connectivity index (χ2n) is 5.51. The molecule has 0 aromatic rings. The van der Waals surface area contributed by atoms with Gasteiger partial charge in [0.15, 0.2) is 0 Å². The molecule has 16 heavy (non-hydrogen) atoms. The van der Waals surface area contributed by atoms with Gasteiger partial charge in [0.05, 0.1) is 12.6 Å². The van der Waals surface area contributed by atoms with Gasteiger partial charge in [-0.15, -0.1) is 0 Å². The fourth-order valence-corrected chi connectivity index (χ4v) is 2.35. The van der Waals surface area contributed by atoms with Crippen molar-refractivity contribution in [3.8, 4) is 0 Å². The number of carbonyl (C=O) groups excluding carboxylic acids is 1. The SMILES string of the molecule is CC(C)OC(=O)CNCC1(C)CCCCC1. The van der Waals surface area contributed by atoms with E-state index in [4.69, 9.17) is 4.74 Å². The van der Waals surface area contributed by atoms with Crippen molar-refractivity contribution in [1.29, 1.82) is 0 Å². The molecule has 94 valence electrons. The summed E-state index contributed by atoms with van der Waals surface area (Å²) in [5.41, 5.74) is 0.385. The van der Waals surface area contributed by atoms with Gasteiger partial charge in [0.1, 0.15) is 0 Å². The molecule has 1 saturated carbocycles. The summed E-state index contributed by atoms with van der Waals surface area (Å²) in [5, 5.41) is 3.23. The minimum Gasteiger partial charge on any atom is -0.462 e. The first-order chi connectivity index (χ1) is 7.52. The van der Waals surface area contributed by atoms with Crippen molar-refractivity contribution >= 4 is 5.97 Å². The molecule has 3 nitrogen and oxygen atoms in total. The molecular formula is C13H25NO2. The van der Waals surface area contributed by atoms with E-state index in [2.05, 4.69) is 12.2 Å². The Kier molecular flexibility index (Phi) is 5.26. The zero-order valence-electron chi connectivity index (χ0n) is 10.8. The lowest BCUT2D eigenvalue weighted by molar-refractivity contribution is -0.146. The standard InChI is InChI=1S/C13H25NO2/c1-11(2)16-12(15)9-14-10-13(3)7-5-4-6-8-13/h11,14H,4-10H2,1-3H3. The average Bonchev–Trinajstić information content (AvgIpc) is 2.17. The van der Waals surface area contributed by atoms with Crippen LogP contribution in [0.2, 0.25) is 0 Å². The summed E-state index contributed by atoms with van der Waals surface area (Å²) in [4.78, 5) is 11.3. The zero-order valence-corrected chi connectivity index (χ0v) is 10.8. The first-order valence-corrected chi connectivity index (χ1v) is 6.42. The van der Waals surface area contributed by atoms with Crippen LogP contribution >= 0.6 is 0 Å². The van der Waals surface area contributed by atoms with Crippen molar-refractivity contribution in [3.05, 3.63) is 0 Å². The van der Waals surface area contributed by atoms with Gasteiger partial charge in [-0.25, -0.2) is 0 Å². The molecule has 1 aliphatic carbocycles. The van der Waals surface area contributed by atoms with E-state index in [9.17, 15) is 4.79 Å². The van der Waals surface area contributed by atoms with Gasteiger partial charge >= 0.3 is 5.97 Å². The third kappa shape index (κ3) is 4.97. The Morgan fingerprint density at radius 1 is 1.31 bits per heavy atom. The molecule has 0 atom stereocenters. The van der Waals surface area contributed by atoms with Gasteiger partial charge < -0.3 is 10.1 Å². The first kappa shape index (κ1) is 13.5. The van der Waals surface area contributed by atoms with Crippen LogP contribution in [-0.2, 0) is 9.53 Å². The maximum Gasteiger partial charge on any atom is 0.320 e. The topological polar surface area (TPSA) is 38.3 Å². The van der Waals surface area contributed by atoms with Crippen LogP contribution in [0.3, 0.4) is 0 Å². The smallest absolute Gasteiger partial charge is 0.320 e. The maximum absolute atomic E-state index is 11.3. The number of hydrogen-bond acceptors (Lipinski definition) is 3. The van der Waals surface area contributed by atoms with Crippen LogP contribution in [0, 0.1) is 5.41 Å². The van der Waals surface area contributed by atoms with E-state index in [1.54, 1.807) is 0 Å². The van der Waals surface area contributed by atoms with Crippen molar-refractivity contribution in [3.63, 3.8) is 0 Å². The molecule has 1 N–H and O–H groups in total. The van der Waals surface area contributed by atoms with Gasteiger partial charge in [-0.2, -0.15) is 0 Å². The van der Waals surface area contributed by atoms with E-state index in [0.717, 1.165) is 6.54 Å². The Hall–Kier alpha value is -0.570. The van der Waals surface area contributed by atoms with Gasteiger partial charge in [-0.3, -0.25) is 4.79 Å². The van der Waals surface area contributed by atoms with E-state index in [-0.39, 0.29) is 12.1 Å². The van der Waals surface area contributed by atoms with Crippen molar-refractivity contribution < 1.29 is 9.53 Å². The van der Waals surface area contributed by atoms with Crippen molar-refractivity contribution in [2.24, 2.45) is 5.41 Å². The summed E-state index contributed by atoms with van der Waals surface area (Å²) in [6.45, 7) is 7.33. The predicted octanol–water partition coefficient (Wildman–Crippen LogP) is 2.50. The van der Waals surface area contributed by atoms with Gasteiger partial charge in [-0.05, 0) is 32.1 Å². The average molecular weight is 227 g/mol. The van der Waals surface area contributed by atoms with Crippen LogP contribution in [0.1, 0.15) is 52.9 Å². The third-order valence-corrected chi connectivity index (χ3v) is 3.25. The van der Waals surface area contributed by atoms with Crippen LogP contribution in [-0.4, -0.2) is 25.2 Å². The molecule has 1 rings (SSSR count). The molecule has 0 saturated heterocycles. The van der Waals surface area contributed by atoms with Crippen molar-refractivity contribution in [2.75, 3.05) is 13.1 Å². The number of nitrogens with one attached hydrogen (secondary N) is 1. The highest BCUT2D eigenvalue weighted by Crippen LogP contribution is 2.34. The minimum atomic E-state index is -0.144. The molecule has 0 radical (unpaired) electrons. The number of esters is 1.